The molecular weight excluding hydrogens is 246 g/mol. The number of benzene rings is 1. The van der Waals surface area contributed by atoms with E-state index in [1.165, 1.54) is 0 Å². The van der Waals surface area contributed by atoms with Crippen molar-refractivity contribution in [2.24, 2.45) is 5.73 Å². The summed E-state index contributed by atoms with van der Waals surface area (Å²) in [6.07, 6.45) is 0. The van der Waals surface area contributed by atoms with Gasteiger partial charge in [-0.3, -0.25) is 0 Å². The van der Waals surface area contributed by atoms with E-state index < -0.39 is 0 Å². The number of nitrogens with two attached hydrogens (primary N) is 1. The Morgan fingerprint density at radius 2 is 1.63 bits per heavy atom. The van der Waals surface area contributed by atoms with Gasteiger partial charge in [-0.2, -0.15) is 0 Å². The normalized spacial score (nSPS) is 18.4. The zero-order valence-electron chi connectivity index (χ0n) is 11.9. The van der Waals surface area contributed by atoms with Crippen molar-refractivity contribution in [2.45, 2.75) is 18.4 Å². The third-order valence-electron chi connectivity index (χ3n) is 3.80. The molecule has 1 aromatic rings. The molecule has 0 aliphatic carbocycles. The largest absolute Gasteiger partial charge is 0.496 e. The van der Waals surface area contributed by atoms with Crippen molar-refractivity contribution in [1.29, 1.82) is 0 Å². The molecule has 1 aliphatic heterocycles. The van der Waals surface area contributed by atoms with Crippen LogP contribution in [0.2, 0.25) is 0 Å². The van der Waals surface area contributed by atoms with Crippen LogP contribution in [0.25, 0.3) is 0 Å². The number of hydrogen-bond acceptors (Lipinski definition) is 5. The zero-order valence-corrected chi connectivity index (χ0v) is 11.9. The van der Waals surface area contributed by atoms with Crippen molar-refractivity contribution in [3.63, 3.8) is 0 Å². The molecule has 0 bridgehead atoms. The average Bonchev–Trinajstić information content (AvgIpc) is 2.36. The number of methoxy groups -OCH3 is 3. The molecule has 1 aromatic carbocycles. The van der Waals surface area contributed by atoms with Crippen LogP contribution in [-0.4, -0.2) is 40.6 Å². The molecule has 2 N–H and O–H groups in total. The Morgan fingerprint density at radius 3 is 1.89 bits per heavy atom. The minimum absolute atomic E-state index is 0.0579. The molecule has 19 heavy (non-hydrogen) atoms. The van der Waals surface area contributed by atoms with Crippen LogP contribution in [0.1, 0.15) is 12.5 Å². The predicted molar refractivity (Wildman–Crippen MR) is 72.2 cm³/mol. The zero-order chi connectivity index (χ0) is 14.0. The Labute approximate surface area is 113 Å². The lowest BCUT2D eigenvalue weighted by atomic mass is 9.72. The second-order valence-corrected chi connectivity index (χ2v) is 4.84. The van der Waals surface area contributed by atoms with Crippen LogP contribution in [0.15, 0.2) is 12.1 Å². The van der Waals surface area contributed by atoms with Gasteiger partial charge in [0.15, 0.2) is 0 Å². The molecule has 5 nitrogen and oxygen atoms in total. The molecule has 1 atom stereocenters. The summed E-state index contributed by atoms with van der Waals surface area (Å²) in [5.74, 6) is 2.13. The molecule has 1 heterocycles. The second kappa shape index (κ2) is 5.27. The van der Waals surface area contributed by atoms with Crippen molar-refractivity contribution in [1.82, 2.24) is 0 Å². The van der Waals surface area contributed by atoms with Crippen molar-refractivity contribution in [3.05, 3.63) is 17.7 Å². The first-order valence-electron chi connectivity index (χ1n) is 6.23. The number of hydrogen-bond donors (Lipinski definition) is 1. The lowest BCUT2D eigenvalue weighted by molar-refractivity contribution is -0.0719. The Balaban J connectivity index is 2.60. The van der Waals surface area contributed by atoms with Crippen molar-refractivity contribution < 1.29 is 18.9 Å². The first kappa shape index (κ1) is 14.0. The molecule has 0 aromatic heterocycles. The Hall–Kier alpha value is -1.46. The summed E-state index contributed by atoms with van der Waals surface area (Å²) in [6.45, 7) is 3.12. The van der Waals surface area contributed by atoms with Crippen molar-refractivity contribution in [2.75, 3.05) is 34.5 Å². The summed E-state index contributed by atoms with van der Waals surface area (Å²) in [7, 11) is 4.87. The SMILES string of the molecule is COc1cc(OC)c(C2(C(C)N)COC2)c(OC)c1. The van der Waals surface area contributed by atoms with Crippen LogP contribution >= 0.6 is 0 Å². The van der Waals surface area contributed by atoms with Gasteiger partial charge in [0, 0.05) is 23.7 Å². The third kappa shape index (κ3) is 2.13. The quantitative estimate of drug-likeness (QED) is 0.872. The molecular formula is C14H21NO4. The van der Waals surface area contributed by atoms with Gasteiger partial charge < -0.3 is 24.7 Å². The molecule has 0 saturated carbocycles. The summed E-state index contributed by atoms with van der Waals surface area (Å²) in [5.41, 5.74) is 6.86. The minimum Gasteiger partial charge on any atom is -0.496 e. The highest BCUT2D eigenvalue weighted by Gasteiger charge is 2.47. The highest BCUT2D eigenvalue weighted by atomic mass is 16.5. The van der Waals surface area contributed by atoms with Gasteiger partial charge in [-0.25, -0.2) is 0 Å². The van der Waals surface area contributed by atoms with Crippen LogP contribution in [0.4, 0.5) is 0 Å². The van der Waals surface area contributed by atoms with Crippen LogP contribution in [0.5, 0.6) is 17.2 Å². The Kier molecular flexibility index (Phi) is 3.87. The van der Waals surface area contributed by atoms with E-state index in [4.69, 9.17) is 24.7 Å². The van der Waals surface area contributed by atoms with Crippen LogP contribution in [0, 0.1) is 0 Å². The monoisotopic (exact) mass is 267 g/mol. The molecule has 1 aliphatic rings. The molecule has 0 radical (unpaired) electrons. The van der Waals surface area contributed by atoms with Gasteiger partial charge >= 0.3 is 0 Å². The number of ether oxygens (including phenoxy) is 4. The predicted octanol–water partition coefficient (Wildman–Crippen LogP) is 1.33. The lowest BCUT2D eigenvalue weighted by Gasteiger charge is -2.45. The van der Waals surface area contributed by atoms with Crippen LogP contribution in [0.3, 0.4) is 0 Å². The summed E-state index contributed by atoms with van der Waals surface area (Å²) in [5, 5.41) is 0. The summed E-state index contributed by atoms with van der Waals surface area (Å²) in [4.78, 5) is 0. The topological polar surface area (TPSA) is 62.9 Å². The maximum atomic E-state index is 6.16. The first-order valence-corrected chi connectivity index (χ1v) is 6.23. The van der Waals surface area contributed by atoms with Gasteiger partial charge in [-0.05, 0) is 6.92 Å². The molecule has 106 valence electrons. The van der Waals surface area contributed by atoms with E-state index in [2.05, 4.69) is 0 Å². The maximum Gasteiger partial charge on any atom is 0.130 e. The third-order valence-corrected chi connectivity index (χ3v) is 3.80. The molecule has 1 unspecified atom stereocenters. The van der Waals surface area contributed by atoms with Gasteiger partial charge in [-0.15, -0.1) is 0 Å². The standard InChI is InChI=1S/C14H21NO4/c1-9(15)14(7-19-8-14)13-11(17-3)5-10(16-2)6-12(13)18-4/h5-6,9H,7-8,15H2,1-4H3. The minimum atomic E-state index is -0.261. The van der Waals surface area contributed by atoms with E-state index in [-0.39, 0.29) is 11.5 Å². The number of rotatable bonds is 5. The summed E-state index contributed by atoms with van der Waals surface area (Å²) < 4.78 is 21.6. The van der Waals surface area contributed by atoms with Gasteiger partial charge in [-0.1, -0.05) is 0 Å². The van der Waals surface area contributed by atoms with E-state index in [9.17, 15) is 0 Å². The average molecular weight is 267 g/mol. The van der Waals surface area contributed by atoms with Gasteiger partial charge in [0.1, 0.15) is 17.2 Å². The molecule has 1 saturated heterocycles. The fraction of sp³-hybridized carbons (Fsp3) is 0.571. The first-order chi connectivity index (χ1) is 9.08. The second-order valence-electron chi connectivity index (χ2n) is 4.84. The van der Waals surface area contributed by atoms with Gasteiger partial charge in [0.2, 0.25) is 0 Å². The van der Waals surface area contributed by atoms with E-state index in [1.807, 2.05) is 19.1 Å². The van der Waals surface area contributed by atoms with Crippen molar-refractivity contribution in [3.8, 4) is 17.2 Å². The summed E-state index contributed by atoms with van der Waals surface area (Å²) in [6, 6.07) is 3.64. The van der Waals surface area contributed by atoms with Crippen LogP contribution in [-0.2, 0) is 10.2 Å². The Bertz CT molecular complexity index is 430. The molecule has 0 spiro atoms. The van der Waals surface area contributed by atoms with Gasteiger partial charge in [0.05, 0.1) is 40.0 Å². The van der Waals surface area contributed by atoms with E-state index in [0.29, 0.717) is 19.0 Å². The van der Waals surface area contributed by atoms with Gasteiger partial charge in [0.25, 0.3) is 0 Å². The molecule has 0 amide bonds. The highest BCUT2D eigenvalue weighted by Crippen LogP contribution is 2.47. The van der Waals surface area contributed by atoms with E-state index in [1.54, 1.807) is 21.3 Å². The fourth-order valence-electron chi connectivity index (χ4n) is 2.45. The van der Waals surface area contributed by atoms with E-state index >= 15 is 0 Å². The smallest absolute Gasteiger partial charge is 0.130 e. The van der Waals surface area contributed by atoms with E-state index in [0.717, 1.165) is 17.1 Å². The molecule has 5 heteroatoms. The molecule has 2 rings (SSSR count). The molecule has 1 fully saturated rings. The lowest BCUT2D eigenvalue weighted by Crippen LogP contribution is -2.57. The highest BCUT2D eigenvalue weighted by molar-refractivity contribution is 5.56. The maximum absolute atomic E-state index is 6.16. The Morgan fingerprint density at radius 1 is 1.11 bits per heavy atom. The van der Waals surface area contributed by atoms with Crippen molar-refractivity contribution >= 4 is 0 Å². The fourth-order valence-corrected chi connectivity index (χ4v) is 2.45. The summed E-state index contributed by atoms with van der Waals surface area (Å²) >= 11 is 0. The van der Waals surface area contributed by atoms with Crippen LogP contribution < -0.4 is 19.9 Å².